The van der Waals surface area contributed by atoms with Crippen molar-refractivity contribution in [1.82, 2.24) is 4.98 Å². The zero-order valence-electron chi connectivity index (χ0n) is 26.4. The molecule has 4 aromatic rings. The van der Waals surface area contributed by atoms with E-state index in [1.165, 1.54) is 48.2 Å². The van der Waals surface area contributed by atoms with Crippen molar-refractivity contribution in [3.8, 4) is 5.75 Å². The Morgan fingerprint density at radius 2 is 1.71 bits per heavy atom. The summed E-state index contributed by atoms with van der Waals surface area (Å²) < 4.78 is 71.3. The molecule has 0 spiro atoms. The van der Waals surface area contributed by atoms with Crippen LogP contribution in [0.4, 0.5) is 24.5 Å². The van der Waals surface area contributed by atoms with E-state index >= 15 is 0 Å². The minimum atomic E-state index is -4.79. The van der Waals surface area contributed by atoms with Crippen LogP contribution in [0, 0.1) is 29.6 Å². The van der Waals surface area contributed by atoms with Crippen LogP contribution >= 0.6 is 34.7 Å². The van der Waals surface area contributed by atoms with E-state index in [0.29, 0.717) is 37.5 Å². The van der Waals surface area contributed by atoms with E-state index in [1.807, 2.05) is 0 Å². The highest BCUT2D eigenvalue weighted by atomic mass is 35.5. The number of nitrogens with two attached hydrogens (primary N) is 1. The number of hydrogen-bond donors (Lipinski definition) is 3. The fraction of sp³-hybridized carbons (Fsp3) is 0.294. The molecule has 2 aliphatic carbocycles. The summed E-state index contributed by atoms with van der Waals surface area (Å²) in [6.45, 7) is -0.464. The average molecular weight is 791 g/mol. The number of sulfonamides is 1. The van der Waals surface area contributed by atoms with E-state index in [0.717, 1.165) is 23.5 Å². The van der Waals surface area contributed by atoms with Crippen LogP contribution in [0.1, 0.15) is 28.3 Å². The number of amides is 3. The Hall–Kier alpha value is -4.16. The minimum Gasteiger partial charge on any atom is -0.483 e. The number of anilines is 2. The molecule has 0 radical (unpaired) electrons. The fourth-order valence-corrected chi connectivity index (χ4v) is 12.0. The third-order valence-electron chi connectivity index (χ3n) is 10.3. The Kier molecular flexibility index (Phi) is 8.37. The van der Waals surface area contributed by atoms with Crippen molar-refractivity contribution in [2.45, 2.75) is 33.7 Å². The summed E-state index contributed by atoms with van der Waals surface area (Å²) in [5, 5.41) is 8.42. The quantitative estimate of drug-likeness (QED) is 0.208. The summed E-state index contributed by atoms with van der Waals surface area (Å²) in [4.78, 5) is 57.6. The standard InChI is InChI=1S/C34H26ClF3N4O7S3/c35-14-5-10-22(49-13-23(43)40-15-6-8-16(9-7-15)52(39,47)48)17(11-14)24-25-18-12-19(28(25)50-30-29(24)51-33(46)41-30)27-26(18)31(44)42(32(27)45)21-4-2-1-3-20(21)34(36,37)38/h1-11,18-19,24-28H,12-13H2,(H,40,43)(H,41,46)(H2,39,47,48)/t18?,19?,24-,25?,26?,27?,28?/m1/s1. The maximum absolute atomic E-state index is 14.1. The Balaban J connectivity index is 1.12. The summed E-state index contributed by atoms with van der Waals surface area (Å²) in [5.41, 5.74) is -0.715. The number of carbonyl (C=O) groups excluding carboxylic acids is 3. The number of benzene rings is 3. The van der Waals surface area contributed by atoms with Gasteiger partial charge in [-0.3, -0.25) is 19.2 Å². The maximum Gasteiger partial charge on any atom is 0.418 e. The van der Waals surface area contributed by atoms with Crippen LogP contribution in [0.15, 0.2) is 81.4 Å². The number of thiazole rings is 1. The first-order chi connectivity index (χ1) is 24.6. The molecule has 4 N–H and O–H groups in total. The minimum absolute atomic E-state index is 0.127. The van der Waals surface area contributed by atoms with Gasteiger partial charge in [0.05, 0.1) is 33.0 Å². The van der Waals surface area contributed by atoms with E-state index in [2.05, 4.69) is 10.3 Å². The highest BCUT2D eigenvalue weighted by molar-refractivity contribution is 8.00. The summed E-state index contributed by atoms with van der Waals surface area (Å²) in [6, 6.07) is 14.6. The second kappa shape index (κ2) is 12.5. The number of nitrogens with one attached hydrogen (secondary N) is 2. The van der Waals surface area contributed by atoms with Crippen molar-refractivity contribution in [3.63, 3.8) is 0 Å². The summed E-state index contributed by atoms with van der Waals surface area (Å²) >= 11 is 8.92. The Labute approximate surface area is 306 Å². The molecule has 18 heteroatoms. The molecule has 3 amide bonds. The van der Waals surface area contributed by atoms with Crippen molar-refractivity contribution in [1.29, 1.82) is 0 Å². The molecule has 7 atom stereocenters. The van der Waals surface area contributed by atoms with Crippen molar-refractivity contribution < 1.29 is 40.7 Å². The number of carbonyl (C=O) groups is 3. The molecule has 3 fully saturated rings. The molecule has 3 aromatic carbocycles. The van der Waals surface area contributed by atoms with Gasteiger partial charge in [-0.2, -0.15) is 13.2 Å². The number of primary sulfonamides is 1. The molecule has 52 heavy (non-hydrogen) atoms. The number of thioether (sulfide) groups is 1. The highest BCUT2D eigenvalue weighted by Gasteiger charge is 2.70. The van der Waals surface area contributed by atoms with Gasteiger partial charge in [-0.15, -0.1) is 11.8 Å². The van der Waals surface area contributed by atoms with Gasteiger partial charge in [0, 0.05) is 32.3 Å². The molecule has 270 valence electrons. The Morgan fingerprint density at radius 1 is 1.02 bits per heavy atom. The van der Waals surface area contributed by atoms with Gasteiger partial charge in [0.2, 0.25) is 21.8 Å². The largest absolute Gasteiger partial charge is 0.483 e. The van der Waals surface area contributed by atoms with Crippen molar-refractivity contribution >= 4 is 73.8 Å². The number of rotatable bonds is 7. The average Bonchev–Trinajstić information content (AvgIpc) is 3.82. The van der Waals surface area contributed by atoms with Gasteiger partial charge in [0.25, 0.3) is 5.91 Å². The third kappa shape index (κ3) is 5.73. The number of halogens is 4. The fourth-order valence-electron chi connectivity index (χ4n) is 8.47. The Morgan fingerprint density at radius 3 is 2.40 bits per heavy atom. The maximum atomic E-state index is 14.1. The molecule has 2 saturated carbocycles. The van der Waals surface area contributed by atoms with Gasteiger partial charge < -0.3 is 15.0 Å². The van der Waals surface area contributed by atoms with Gasteiger partial charge >= 0.3 is 11.0 Å². The van der Waals surface area contributed by atoms with Gasteiger partial charge in [0.1, 0.15) is 5.75 Å². The van der Waals surface area contributed by atoms with Crippen LogP contribution in [-0.4, -0.2) is 43.0 Å². The molecule has 2 bridgehead atoms. The molecule has 6 unspecified atom stereocenters. The monoisotopic (exact) mass is 790 g/mol. The second-order valence-electron chi connectivity index (χ2n) is 13.1. The van der Waals surface area contributed by atoms with Crippen LogP contribution in [-0.2, 0) is 30.6 Å². The summed E-state index contributed by atoms with van der Waals surface area (Å²) in [5.74, 6) is -4.99. The van der Waals surface area contributed by atoms with E-state index in [1.54, 1.807) is 18.2 Å². The molecule has 11 nitrogen and oxygen atoms in total. The molecule has 3 heterocycles. The number of para-hydroxylation sites is 1. The molecular formula is C34H26ClF3N4O7S3. The number of ether oxygens (including phenoxy) is 1. The number of hydrogen-bond acceptors (Lipinski definition) is 9. The van der Waals surface area contributed by atoms with Gasteiger partial charge in [0.15, 0.2) is 6.61 Å². The lowest BCUT2D eigenvalue weighted by Gasteiger charge is -2.43. The molecule has 2 aliphatic heterocycles. The number of nitrogens with zero attached hydrogens (tertiary/aromatic N) is 1. The van der Waals surface area contributed by atoms with Crippen LogP contribution in [0.2, 0.25) is 5.02 Å². The van der Waals surface area contributed by atoms with Crippen molar-refractivity contribution in [2.24, 2.45) is 34.7 Å². The van der Waals surface area contributed by atoms with E-state index in [9.17, 15) is 40.8 Å². The first-order valence-corrected chi connectivity index (χ1v) is 19.5. The highest BCUT2D eigenvalue weighted by Crippen LogP contribution is 2.69. The van der Waals surface area contributed by atoms with Crippen molar-refractivity contribution in [2.75, 3.05) is 16.8 Å². The van der Waals surface area contributed by atoms with Gasteiger partial charge in [-0.25, -0.2) is 18.5 Å². The second-order valence-corrected chi connectivity index (χ2v) is 17.3. The SMILES string of the molecule is NS(=O)(=O)c1ccc(NC(=O)COc2ccc(Cl)cc2[C@H]2c3sc(=O)[nH]c3SC3C4CC(C5C(=O)N(c6ccccc6C(F)(F)F)C(=O)C45)C32)cc1. The number of aromatic nitrogens is 1. The van der Waals surface area contributed by atoms with Gasteiger partial charge in [-0.1, -0.05) is 35.1 Å². The van der Waals surface area contributed by atoms with Crippen molar-refractivity contribution in [3.05, 3.63) is 97.4 Å². The lowest BCUT2D eigenvalue weighted by molar-refractivity contribution is -0.137. The smallest absolute Gasteiger partial charge is 0.418 e. The normalized spacial score (nSPS) is 26.2. The number of fused-ring (bicyclic) bond motifs is 9. The predicted molar refractivity (Wildman–Crippen MR) is 186 cm³/mol. The van der Waals surface area contributed by atoms with Crippen LogP contribution < -0.4 is 25.0 Å². The Bertz CT molecular complexity index is 2330. The predicted octanol–water partition coefficient (Wildman–Crippen LogP) is 5.45. The third-order valence-corrected chi connectivity index (χ3v) is 14.1. The topological polar surface area (TPSA) is 169 Å². The van der Waals surface area contributed by atoms with E-state index in [4.69, 9.17) is 21.5 Å². The molecule has 8 rings (SSSR count). The van der Waals surface area contributed by atoms with Gasteiger partial charge in [-0.05, 0) is 78.8 Å². The number of H-pyrrole nitrogens is 1. The number of imide groups is 1. The molecule has 1 aromatic heterocycles. The van der Waals surface area contributed by atoms with E-state index in [-0.39, 0.29) is 32.6 Å². The lowest BCUT2D eigenvalue weighted by Crippen LogP contribution is -2.42. The summed E-state index contributed by atoms with van der Waals surface area (Å²) in [7, 11) is -3.93. The van der Waals surface area contributed by atoms with Crippen LogP contribution in [0.3, 0.4) is 0 Å². The lowest BCUT2D eigenvalue weighted by atomic mass is 9.68. The van der Waals surface area contributed by atoms with Crippen LogP contribution in [0.25, 0.3) is 0 Å². The zero-order valence-corrected chi connectivity index (χ0v) is 29.6. The number of alkyl halides is 3. The molecule has 1 saturated heterocycles. The first kappa shape index (κ1) is 34.9. The van der Waals surface area contributed by atoms with Crippen LogP contribution in [0.5, 0.6) is 5.75 Å². The molecule has 4 aliphatic rings. The summed E-state index contributed by atoms with van der Waals surface area (Å²) in [6.07, 6.45) is -4.30. The molecular weight excluding hydrogens is 765 g/mol. The zero-order chi connectivity index (χ0) is 36.9. The first-order valence-electron chi connectivity index (χ1n) is 15.9. The number of aromatic amines is 1. The van der Waals surface area contributed by atoms with E-state index < -0.39 is 75.5 Å².